The van der Waals surface area contributed by atoms with Crippen LogP contribution in [0.5, 0.6) is 0 Å². The molecule has 1 heterocycles. The summed E-state index contributed by atoms with van der Waals surface area (Å²) in [5.74, 6) is -2.51. The average Bonchev–Trinajstić information content (AvgIpc) is 2.21. The molecule has 0 aromatic rings. The van der Waals surface area contributed by atoms with Crippen LogP contribution < -0.4 is 5.32 Å². The minimum absolute atomic E-state index is 0.0579. The lowest BCUT2D eigenvalue weighted by Gasteiger charge is -2.25. The summed E-state index contributed by atoms with van der Waals surface area (Å²) >= 11 is 0. The van der Waals surface area contributed by atoms with Crippen molar-refractivity contribution in [1.82, 2.24) is 5.32 Å². The van der Waals surface area contributed by atoms with E-state index in [1.165, 1.54) is 0 Å². The normalized spacial score (nSPS) is 42.0. The maximum absolute atomic E-state index is 12.7. The lowest BCUT2D eigenvalue weighted by Crippen LogP contribution is -2.44. The number of rotatable bonds is 0. The molecule has 2 aliphatic rings. The van der Waals surface area contributed by atoms with Crippen molar-refractivity contribution in [1.29, 1.82) is 0 Å². The van der Waals surface area contributed by atoms with Crippen molar-refractivity contribution in [3.8, 4) is 0 Å². The molecule has 1 N–H and O–H groups in total. The maximum Gasteiger partial charge on any atom is 0.252 e. The molecule has 1 aliphatic heterocycles. The number of ether oxygens (including phenoxy) is 1. The molecule has 1 aliphatic carbocycles. The van der Waals surface area contributed by atoms with E-state index >= 15 is 0 Å². The Morgan fingerprint density at radius 2 is 2.18 bits per heavy atom. The molecule has 1 saturated carbocycles. The topological polar surface area (TPSA) is 21.3 Å². The summed E-state index contributed by atoms with van der Waals surface area (Å²) in [5.41, 5.74) is 0. The third-order valence-corrected chi connectivity index (χ3v) is 2.31. The van der Waals surface area contributed by atoms with Crippen molar-refractivity contribution < 1.29 is 13.5 Å². The van der Waals surface area contributed by atoms with E-state index in [9.17, 15) is 8.78 Å². The average molecular weight is 163 g/mol. The summed E-state index contributed by atoms with van der Waals surface area (Å²) in [6.45, 7) is 1.27. The number of halogens is 2. The molecular weight excluding hydrogens is 152 g/mol. The highest BCUT2D eigenvalue weighted by Gasteiger charge is 2.47. The first-order valence-electron chi connectivity index (χ1n) is 3.90. The quantitative estimate of drug-likeness (QED) is 0.569. The smallest absolute Gasteiger partial charge is 0.252 e. The molecule has 0 unspecified atom stereocenters. The van der Waals surface area contributed by atoms with Gasteiger partial charge in [-0.15, -0.1) is 0 Å². The van der Waals surface area contributed by atoms with Crippen LogP contribution in [-0.2, 0) is 4.74 Å². The van der Waals surface area contributed by atoms with E-state index < -0.39 is 5.92 Å². The molecule has 1 saturated heterocycles. The summed E-state index contributed by atoms with van der Waals surface area (Å²) in [6, 6.07) is -0.112. The Labute approximate surface area is 63.9 Å². The number of hydrogen-bond donors (Lipinski definition) is 1. The fourth-order valence-corrected chi connectivity index (χ4v) is 1.81. The Balaban J connectivity index is 2.03. The summed E-state index contributed by atoms with van der Waals surface area (Å²) < 4.78 is 30.6. The summed E-state index contributed by atoms with van der Waals surface area (Å²) in [7, 11) is 0. The van der Waals surface area contributed by atoms with Crippen LogP contribution in [-0.4, -0.2) is 31.2 Å². The van der Waals surface area contributed by atoms with E-state index in [0.29, 0.717) is 13.2 Å². The van der Waals surface area contributed by atoms with Gasteiger partial charge in [-0.1, -0.05) is 0 Å². The first-order chi connectivity index (χ1) is 5.17. The van der Waals surface area contributed by atoms with Crippen molar-refractivity contribution >= 4 is 0 Å². The lowest BCUT2D eigenvalue weighted by molar-refractivity contribution is -0.0234. The SMILES string of the molecule is FC1(F)C[C@@H]2NCCO[C@H]2C1. The van der Waals surface area contributed by atoms with Crippen LogP contribution in [0.4, 0.5) is 8.78 Å². The van der Waals surface area contributed by atoms with Crippen molar-refractivity contribution in [3.63, 3.8) is 0 Å². The van der Waals surface area contributed by atoms with Crippen LogP contribution in [0.1, 0.15) is 12.8 Å². The molecule has 0 aromatic heterocycles. The Hall–Kier alpha value is -0.220. The first kappa shape index (κ1) is 7.43. The van der Waals surface area contributed by atoms with Crippen LogP contribution in [0.2, 0.25) is 0 Å². The second kappa shape index (κ2) is 2.38. The monoisotopic (exact) mass is 163 g/mol. The number of nitrogens with one attached hydrogen (secondary N) is 1. The van der Waals surface area contributed by atoms with Crippen LogP contribution in [0.25, 0.3) is 0 Å². The molecule has 0 aromatic carbocycles. The molecule has 0 radical (unpaired) electrons. The van der Waals surface area contributed by atoms with Crippen LogP contribution in [0.3, 0.4) is 0 Å². The van der Waals surface area contributed by atoms with Gasteiger partial charge in [0, 0.05) is 25.4 Å². The molecule has 2 rings (SSSR count). The summed E-state index contributed by atoms with van der Waals surface area (Å²) in [5, 5.41) is 3.03. The molecule has 0 amide bonds. The van der Waals surface area contributed by atoms with Crippen LogP contribution in [0, 0.1) is 0 Å². The van der Waals surface area contributed by atoms with Gasteiger partial charge in [-0.3, -0.25) is 0 Å². The third-order valence-electron chi connectivity index (χ3n) is 2.31. The highest BCUT2D eigenvalue weighted by molar-refractivity contribution is 4.95. The van der Waals surface area contributed by atoms with Gasteiger partial charge < -0.3 is 10.1 Å². The fraction of sp³-hybridized carbons (Fsp3) is 1.00. The molecule has 0 spiro atoms. The van der Waals surface area contributed by atoms with Gasteiger partial charge in [0.1, 0.15) is 0 Å². The lowest BCUT2D eigenvalue weighted by atomic mass is 10.2. The maximum atomic E-state index is 12.7. The first-order valence-corrected chi connectivity index (χ1v) is 3.90. The highest BCUT2D eigenvalue weighted by atomic mass is 19.3. The third kappa shape index (κ3) is 1.37. The molecule has 4 heteroatoms. The molecule has 2 nitrogen and oxygen atoms in total. The Morgan fingerprint density at radius 3 is 2.91 bits per heavy atom. The molecule has 0 bridgehead atoms. The largest absolute Gasteiger partial charge is 0.375 e. The van der Waals surface area contributed by atoms with E-state index in [2.05, 4.69) is 5.32 Å². The zero-order chi connectivity index (χ0) is 7.90. The summed E-state index contributed by atoms with van der Waals surface area (Å²) in [6.07, 6.45) is -0.416. The zero-order valence-electron chi connectivity index (χ0n) is 6.15. The molecular formula is C7H11F2NO. The van der Waals surface area contributed by atoms with Gasteiger partial charge in [0.25, 0.3) is 5.92 Å². The predicted octanol–water partition coefficient (Wildman–Crippen LogP) is 0.772. The minimum Gasteiger partial charge on any atom is -0.375 e. The van der Waals surface area contributed by atoms with E-state index in [-0.39, 0.29) is 25.0 Å². The minimum atomic E-state index is -2.51. The molecule has 2 atom stereocenters. The number of fused-ring (bicyclic) bond motifs is 1. The van der Waals surface area contributed by atoms with Crippen molar-refractivity contribution in [2.75, 3.05) is 13.2 Å². The fourth-order valence-electron chi connectivity index (χ4n) is 1.81. The van der Waals surface area contributed by atoms with Crippen molar-refractivity contribution in [2.45, 2.75) is 30.9 Å². The van der Waals surface area contributed by atoms with E-state index in [1.807, 2.05) is 0 Å². The van der Waals surface area contributed by atoms with Gasteiger partial charge in [0.2, 0.25) is 0 Å². The van der Waals surface area contributed by atoms with Gasteiger partial charge in [-0.2, -0.15) is 0 Å². The van der Waals surface area contributed by atoms with Gasteiger partial charge in [0.15, 0.2) is 0 Å². The molecule has 64 valence electrons. The Morgan fingerprint density at radius 1 is 1.36 bits per heavy atom. The molecule has 2 fully saturated rings. The van der Waals surface area contributed by atoms with Gasteiger partial charge in [-0.05, 0) is 0 Å². The van der Waals surface area contributed by atoms with E-state index in [1.54, 1.807) is 0 Å². The standard InChI is InChI=1S/C7H11F2NO/c8-7(9)3-5-6(4-7)11-2-1-10-5/h5-6,10H,1-4H2/t5-,6-/m0/s1. The van der Waals surface area contributed by atoms with Crippen molar-refractivity contribution in [2.24, 2.45) is 0 Å². The Bertz CT molecular complexity index is 147. The molecule has 11 heavy (non-hydrogen) atoms. The van der Waals surface area contributed by atoms with Gasteiger partial charge >= 0.3 is 0 Å². The second-order valence-electron chi connectivity index (χ2n) is 3.23. The highest BCUT2D eigenvalue weighted by Crippen LogP contribution is 2.37. The van der Waals surface area contributed by atoms with Crippen molar-refractivity contribution in [3.05, 3.63) is 0 Å². The second-order valence-corrected chi connectivity index (χ2v) is 3.23. The van der Waals surface area contributed by atoms with Crippen LogP contribution in [0.15, 0.2) is 0 Å². The predicted molar refractivity (Wildman–Crippen MR) is 35.7 cm³/mol. The van der Waals surface area contributed by atoms with Crippen LogP contribution >= 0.6 is 0 Å². The Kier molecular flexibility index (Phi) is 1.61. The number of hydrogen-bond acceptors (Lipinski definition) is 2. The zero-order valence-corrected chi connectivity index (χ0v) is 6.15. The van der Waals surface area contributed by atoms with Gasteiger partial charge in [-0.25, -0.2) is 8.78 Å². The number of alkyl halides is 2. The number of morpholine rings is 1. The summed E-state index contributed by atoms with van der Waals surface area (Å²) in [4.78, 5) is 0. The van der Waals surface area contributed by atoms with E-state index in [4.69, 9.17) is 4.74 Å². The van der Waals surface area contributed by atoms with E-state index in [0.717, 1.165) is 0 Å². The van der Waals surface area contributed by atoms with Gasteiger partial charge in [0.05, 0.1) is 12.7 Å².